The molecular weight excluding hydrogens is 575 g/mol. The van der Waals surface area contributed by atoms with E-state index >= 15 is 0 Å². The van der Waals surface area contributed by atoms with Crippen LogP contribution in [0.15, 0.2) is 47.3 Å². The third kappa shape index (κ3) is 6.53. The van der Waals surface area contributed by atoms with Gasteiger partial charge in [0.15, 0.2) is 0 Å². The van der Waals surface area contributed by atoms with Crippen molar-refractivity contribution >= 4 is 23.0 Å². The molecule has 10 nitrogen and oxygen atoms in total. The van der Waals surface area contributed by atoms with E-state index in [1.807, 2.05) is 49.6 Å². The molecule has 3 aromatic rings. The molecule has 2 aliphatic heterocycles. The van der Waals surface area contributed by atoms with E-state index in [0.717, 1.165) is 28.0 Å². The van der Waals surface area contributed by atoms with Crippen LogP contribution in [0.4, 0.5) is 13.2 Å². The van der Waals surface area contributed by atoms with E-state index in [-0.39, 0.29) is 37.5 Å². The van der Waals surface area contributed by atoms with Crippen LogP contribution in [0, 0.1) is 19.8 Å². The fourth-order valence-corrected chi connectivity index (χ4v) is 6.00. The standard InChI is InChI=1S/C31H36F3N7O3/c1-18-6-7-25(38-37-18)22-8-9-41-26(22)15-23(29(42)35-16-24-27(44-5)14-19(2)36-30(24)43)20(3)28(41)21(4)40-12-10-39(11-13-40)17-31(32,33)34/h6-9,14-15,21,24H,10-13,16-17H2,1-5H3,(H,35,42)/t21-,24?/m1/s1. The number of fused-ring (bicyclic) bond motifs is 1. The molecule has 1 N–H and O–H groups in total. The van der Waals surface area contributed by atoms with Gasteiger partial charge in [0.1, 0.15) is 11.7 Å². The first kappa shape index (κ1) is 31.3. The summed E-state index contributed by atoms with van der Waals surface area (Å²) in [4.78, 5) is 34.0. The molecule has 0 spiro atoms. The average Bonchev–Trinajstić information content (AvgIpc) is 3.39. The second-order valence-corrected chi connectivity index (χ2v) is 11.3. The molecule has 2 aliphatic rings. The Morgan fingerprint density at radius 1 is 1.11 bits per heavy atom. The van der Waals surface area contributed by atoms with Crippen LogP contribution in [0.5, 0.6) is 0 Å². The zero-order chi connectivity index (χ0) is 31.8. The van der Waals surface area contributed by atoms with Crippen LogP contribution in [-0.2, 0) is 9.53 Å². The summed E-state index contributed by atoms with van der Waals surface area (Å²) in [6, 6.07) is 7.24. The minimum Gasteiger partial charge on any atom is -0.500 e. The number of nitrogens with one attached hydrogen (secondary N) is 1. The lowest BCUT2D eigenvalue weighted by atomic mass is 9.98. The van der Waals surface area contributed by atoms with Gasteiger partial charge in [0.2, 0.25) is 0 Å². The van der Waals surface area contributed by atoms with Gasteiger partial charge in [0, 0.05) is 67.5 Å². The highest BCUT2D eigenvalue weighted by Crippen LogP contribution is 2.33. The maximum Gasteiger partial charge on any atom is 0.401 e. The second-order valence-electron chi connectivity index (χ2n) is 11.3. The lowest BCUT2D eigenvalue weighted by molar-refractivity contribution is -0.149. The minimum atomic E-state index is -4.24. The molecule has 0 radical (unpaired) electrons. The van der Waals surface area contributed by atoms with Gasteiger partial charge in [-0.2, -0.15) is 23.4 Å². The van der Waals surface area contributed by atoms with Crippen LogP contribution < -0.4 is 5.32 Å². The van der Waals surface area contributed by atoms with Gasteiger partial charge in [-0.1, -0.05) is 0 Å². The van der Waals surface area contributed by atoms with Crippen molar-refractivity contribution in [1.29, 1.82) is 0 Å². The number of aryl methyl sites for hydroxylation is 1. The Hall–Kier alpha value is -4.10. The Morgan fingerprint density at radius 2 is 1.84 bits per heavy atom. The van der Waals surface area contributed by atoms with Crippen molar-refractivity contribution in [2.75, 3.05) is 46.4 Å². The summed E-state index contributed by atoms with van der Waals surface area (Å²) in [6.07, 6.45) is -0.644. The van der Waals surface area contributed by atoms with E-state index in [9.17, 15) is 22.8 Å². The number of piperazine rings is 1. The number of hydrogen-bond acceptors (Lipinski definition) is 7. The van der Waals surface area contributed by atoms with E-state index in [1.165, 1.54) is 12.0 Å². The molecule has 44 heavy (non-hydrogen) atoms. The molecule has 0 aliphatic carbocycles. The molecule has 5 rings (SSSR count). The fourth-order valence-electron chi connectivity index (χ4n) is 6.00. The molecule has 0 saturated carbocycles. The third-order valence-electron chi connectivity index (χ3n) is 8.31. The zero-order valence-electron chi connectivity index (χ0n) is 25.4. The predicted molar refractivity (Wildman–Crippen MR) is 159 cm³/mol. The van der Waals surface area contributed by atoms with Crippen molar-refractivity contribution in [3.63, 3.8) is 0 Å². The Morgan fingerprint density at radius 3 is 2.48 bits per heavy atom. The summed E-state index contributed by atoms with van der Waals surface area (Å²) in [5.74, 6) is -1.07. The molecule has 1 fully saturated rings. The maximum absolute atomic E-state index is 13.8. The Labute approximate surface area is 253 Å². The lowest BCUT2D eigenvalue weighted by Crippen LogP contribution is -2.50. The number of hydrogen-bond donors (Lipinski definition) is 1. The van der Waals surface area contributed by atoms with Crippen LogP contribution in [0.1, 0.15) is 47.2 Å². The van der Waals surface area contributed by atoms with Crippen molar-refractivity contribution in [3.8, 4) is 11.3 Å². The summed E-state index contributed by atoms with van der Waals surface area (Å²) in [7, 11) is 1.48. The number of ether oxygens (including phenoxy) is 1. The normalized spacial score (nSPS) is 19.1. The van der Waals surface area contributed by atoms with Crippen molar-refractivity contribution < 1.29 is 27.5 Å². The van der Waals surface area contributed by atoms with Crippen molar-refractivity contribution in [3.05, 3.63) is 64.8 Å². The monoisotopic (exact) mass is 611 g/mol. The van der Waals surface area contributed by atoms with Crippen LogP contribution >= 0.6 is 0 Å². The summed E-state index contributed by atoms with van der Waals surface area (Å²) >= 11 is 0. The highest BCUT2D eigenvalue weighted by molar-refractivity contribution is 6.06. The quantitative estimate of drug-likeness (QED) is 0.409. The van der Waals surface area contributed by atoms with E-state index in [2.05, 4.69) is 25.4 Å². The highest BCUT2D eigenvalue weighted by atomic mass is 19.4. The predicted octanol–water partition coefficient (Wildman–Crippen LogP) is 4.13. The highest BCUT2D eigenvalue weighted by Gasteiger charge is 2.34. The van der Waals surface area contributed by atoms with E-state index in [4.69, 9.17) is 4.74 Å². The summed E-state index contributed by atoms with van der Waals surface area (Å²) in [6.45, 7) is 7.96. The number of nitrogens with zero attached hydrogens (tertiary/aromatic N) is 6. The van der Waals surface area contributed by atoms with Crippen LogP contribution in [-0.4, -0.2) is 94.5 Å². The Bertz CT molecular complexity index is 1620. The molecule has 234 valence electrons. The number of methoxy groups -OCH3 is 1. The second kappa shape index (κ2) is 12.5. The van der Waals surface area contributed by atoms with Gasteiger partial charge in [-0.15, -0.1) is 0 Å². The van der Waals surface area contributed by atoms with Crippen molar-refractivity contribution in [2.24, 2.45) is 10.9 Å². The zero-order valence-corrected chi connectivity index (χ0v) is 25.4. The van der Waals surface area contributed by atoms with E-state index in [1.54, 1.807) is 19.1 Å². The lowest BCUT2D eigenvalue weighted by Gasteiger charge is -2.39. The van der Waals surface area contributed by atoms with Crippen LogP contribution in [0.3, 0.4) is 0 Å². The van der Waals surface area contributed by atoms with Gasteiger partial charge < -0.3 is 14.5 Å². The number of halogens is 3. The average molecular weight is 612 g/mol. The first-order valence-electron chi connectivity index (χ1n) is 14.5. The summed E-state index contributed by atoms with van der Waals surface area (Å²) < 4.78 is 46.4. The number of pyridine rings is 1. The number of alkyl halides is 3. The maximum atomic E-state index is 13.8. The van der Waals surface area contributed by atoms with E-state index in [0.29, 0.717) is 35.8 Å². The topological polar surface area (TPSA) is 104 Å². The number of allylic oxidation sites excluding steroid dienone is 1. The Kier molecular flexibility index (Phi) is 8.89. The largest absolute Gasteiger partial charge is 0.500 e. The number of rotatable bonds is 8. The summed E-state index contributed by atoms with van der Waals surface area (Å²) in [5.41, 5.74) is 5.46. The molecular formula is C31H36F3N7O3. The molecule has 2 amide bonds. The smallest absolute Gasteiger partial charge is 0.401 e. The molecule has 0 aromatic carbocycles. The fraction of sp³-hybridized carbons (Fsp3) is 0.452. The molecule has 13 heteroatoms. The first-order chi connectivity index (χ1) is 20.9. The number of carbonyl (C=O) groups excluding carboxylic acids is 2. The Balaban J connectivity index is 1.49. The van der Waals surface area contributed by atoms with Crippen molar-refractivity contribution in [1.82, 2.24) is 29.7 Å². The number of aromatic nitrogens is 3. The number of aliphatic imine (C=N–C) groups is 1. The van der Waals surface area contributed by atoms with Crippen molar-refractivity contribution in [2.45, 2.75) is 39.9 Å². The van der Waals surface area contributed by atoms with Gasteiger partial charge in [-0.3, -0.25) is 19.4 Å². The molecule has 3 aromatic heterocycles. The third-order valence-corrected chi connectivity index (χ3v) is 8.31. The van der Waals surface area contributed by atoms with Gasteiger partial charge in [-0.25, -0.2) is 4.99 Å². The molecule has 5 heterocycles. The minimum absolute atomic E-state index is 0.00208. The number of dihydropyridines is 1. The molecule has 1 saturated heterocycles. The van der Waals surface area contributed by atoms with Crippen LogP contribution in [0.2, 0.25) is 0 Å². The van der Waals surface area contributed by atoms with Gasteiger partial charge >= 0.3 is 6.18 Å². The van der Waals surface area contributed by atoms with Gasteiger partial charge in [-0.05, 0) is 63.6 Å². The molecule has 0 bridgehead atoms. The molecule has 1 unspecified atom stereocenters. The number of carbonyl (C=O) groups is 2. The molecule has 2 atom stereocenters. The SMILES string of the molecule is COC1=CC(C)=NC(=O)C1CNC(=O)c1cc2c(-c3ccc(C)nn3)ccn2c([C@@H](C)N2CCN(CC(F)(F)F)CC2)c1C. The summed E-state index contributed by atoms with van der Waals surface area (Å²) in [5, 5.41) is 11.5. The first-order valence-corrected chi connectivity index (χ1v) is 14.5. The van der Waals surface area contributed by atoms with Gasteiger partial charge in [0.05, 0.1) is 30.6 Å². The van der Waals surface area contributed by atoms with Crippen LogP contribution in [0.25, 0.3) is 16.8 Å². The van der Waals surface area contributed by atoms with E-state index < -0.39 is 18.6 Å². The number of amides is 2. The van der Waals surface area contributed by atoms with Gasteiger partial charge in [0.25, 0.3) is 11.8 Å².